The molecule has 0 fully saturated rings. The van der Waals surface area contributed by atoms with Crippen LogP contribution in [0.25, 0.3) is 0 Å². The van der Waals surface area contributed by atoms with E-state index in [1.807, 2.05) is 39.2 Å². The molecule has 2 aromatic rings. The molecule has 0 aliphatic rings. The lowest BCUT2D eigenvalue weighted by Crippen LogP contribution is -2.06. The highest BCUT2D eigenvalue weighted by Gasteiger charge is 2.08. The zero-order chi connectivity index (χ0) is 12.3. The molecule has 0 atom stereocenters. The summed E-state index contributed by atoms with van der Waals surface area (Å²) in [5.74, 6) is 0.844. The van der Waals surface area contributed by atoms with Crippen molar-refractivity contribution in [1.82, 2.24) is 15.0 Å². The Morgan fingerprint density at radius 1 is 1.18 bits per heavy atom. The van der Waals surface area contributed by atoms with Crippen molar-refractivity contribution < 1.29 is 0 Å². The van der Waals surface area contributed by atoms with Crippen LogP contribution >= 0.6 is 0 Å². The molecule has 0 saturated heterocycles. The Morgan fingerprint density at radius 2 is 1.94 bits per heavy atom. The largest absolute Gasteiger partial charge is 0.372 e. The predicted molar refractivity (Wildman–Crippen MR) is 68.1 cm³/mol. The van der Waals surface area contributed by atoms with Crippen LogP contribution in [0.5, 0.6) is 0 Å². The van der Waals surface area contributed by atoms with E-state index in [1.54, 1.807) is 6.20 Å². The van der Waals surface area contributed by atoms with E-state index in [-0.39, 0.29) is 0 Å². The zero-order valence-corrected chi connectivity index (χ0v) is 10.4. The van der Waals surface area contributed by atoms with E-state index in [0.717, 1.165) is 34.9 Å². The molecule has 4 heteroatoms. The van der Waals surface area contributed by atoms with Gasteiger partial charge in [0.2, 0.25) is 0 Å². The minimum Gasteiger partial charge on any atom is -0.372 e. The van der Waals surface area contributed by atoms with Gasteiger partial charge in [-0.05, 0) is 25.5 Å². The van der Waals surface area contributed by atoms with Gasteiger partial charge < -0.3 is 5.32 Å². The van der Waals surface area contributed by atoms with Crippen LogP contribution in [0.2, 0.25) is 0 Å². The average molecular weight is 228 g/mol. The molecule has 0 aliphatic carbocycles. The van der Waals surface area contributed by atoms with Crippen LogP contribution < -0.4 is 5.32 Å². The molecule has 0 amide bonds. The number of anilines is 1. The minimum absolute atomic E-state index is 0.748. The van der Waals surface area contributed by atoms with Gasteiger partial charge in [-0.25, -0.2) is 4.98 Å². The van der Waals surface area contributed by atoms with E-state index < -0.39 is 0 Å². The average Bonchev–Trinajstić information content (AvgIpc) is 2.35. The van der Waals surface area contributed by atoms with Gasteiger partial charge in [-0.15, -0.1) is 0 Å². The summed E-state index contributed by atoms with van der Waals surface area (Å²) in [6.45, 7) is 3.95. The number of rotatable bonds is 3. The van der Waals surface area contributed by atoms with E-state index in [4.69, 9.17) is 0 Å². The molecule has 2 heterocycles. The molecule has 2 rings (SSSR count). The van der Waals surface area contributed by atoms with Gasteiger partial charge >= 0.3 is 0 Å². The van der Waals surface area contributed by atoms with Crippen molar-refractivity contribution in [3.63, 3.8) is 0 Å². The fraction of sp³-hybridized carbons (Fsp3) is 0.308. The lowest BCUT2D eigenvalue weighted by molar-refractivity contribution is 0.958. The van der Waals surface area contributed by atoms with Gasteiger partial charge in [0, 0.05) is 25.9 Å². The Kier molecular flexibility index (Phi) is 3.32. The monoisotopic (exact) mass is 228 g/mol. The number of hydrogen-bond acceptors (Lipinski definition) is 4. The minimum atomic E-state index is 0.748. The number of nitrogens with zero attached hydrogens (tertiary/aromatic N) is 3. The fourth-order valence-electron chi connectivity index (χ4n) is 1.67. The van der Waals surface area contributed by atoms with Crippen LogP contribution in [-0.4, -0.2) is 22.0 Å². The molecule has 2 aromatic heterocycles. The van der Waals surface area contributed by atoms with Crippen molar-refractivity contribution in [1.29, 1.82) is 0 Å². The predicted octanol–water partition coefficient (Wildman–Crippen LogP) is 2.12. The third kappa shape index (κ3) is 2.58. The molecule has 0 bridgehead atoms. The first-order valence-corrected chi connectivity index (χ1v) is 5.61. The molecule has 4 nitrogen and oxygen atoms in total. The highest BCUT2D eigenvalue weighted by molar-refractivity contribution is 5.43. The van der Waals surface area contributed by atoms with Crippen LogP contribution in [0.4, 0.5) is 5.82 Å². The van der Waals surface area contributed by atoms with Gasteiger partial charge in [0.25, 0.3) is 0 Å². The molecular formula is C13H16N4. The zero-order valence-electron chi connectivity index (χ0n) is 10.4. The highest BCUT2D eigenvalue weighted by Crippen LogP contribution is 2.16. The molecule has 0 spiro atoms. The van der Waals surface area contributed by atoms with Crippen LogP contribution in [0.1, 0.15) is 22.6 Å². The van der Waals surface area contributed by atoms with Crippen molar-refractivity contribution in [3.8, 4) is 0 Å². The van der Waals surface area contributed by atoms with Crippen molar-refractivity contribution in [3.05, 3.63) is 47.2 Å². The van der Waals surface area contributed by atoms with Crippen molar-refractivity contribution in [2.75, 3.05) is 12.4 Å². The number of aromatic nitrogens is 3. The summed E-state index contributed by atoms with van der Waals surface area (Å²) in [6.07, 6.45) is 4.38. The summed E-state index contributed by atoms with van der Waals surface area (Å²) >= 11 is 0. The topological polar surface area (TPSA) is 50.7 Å². The molecular weight excluding hydrogens is 212 g/mol. The molecule has 0 radical (unpaired) electrons. The van der Waals surface area contributed by atoms with Crippen LogP contribution in [0.15, 0.2) is 24.5 Å². The Labute approximate surface area is 101 Å². The van der Waals surface area contributed by atoms with E-state index in [1.165, 1.54) is 0 Å². The van der Waals surface area contributed by atoms with E-state index in [0.29, 0.717) is 0 Å². The third-order valence-corrected chi connectivity index (χ3v) is 2.71. The molecule has 17 heavy (non-hydrogen) atoms. The molecule has 0 unspecified atom stereocenters. The first-order valence-electron chi connectivity index (χ1n) is 5.61. The van der Waals surface area contributed by atoms with Gasteiger partial charge in [0.15, 0.2) is 0 Å². The van der Waals surface area contributed by atoms with Crippen LogP contribution in [0, 0.1) is 13.8 Å². The molecule has 88 valence electrons. The maximum Gasteiger partial charge on any atom is 0.148 e. The fourth-order valence-corrected chi connectivity index (χ4v) is 1.67. The number of nitrogens with one attached hydrogen (secondary N) is 1. The first kappa shape index (κ1) is 11.5. The SMILES string of the molecule is CNc1nc(C)c(C)nc1Cc1cccnc1. The van der Waals surface area contributed by atoms with Gasteiger partial charge in [-0.1, -0.05) is 6.07 Å². The second-order valence-electron chi connectivity index (χ2n) is 3.98. The van der Waals surface area contributed by atoms with Crippen LogP contribution in [-0.2, 0) is 6.42 Å². The third-order valence-electron chi connectivity index (χ3n) is 2.71. The number of hydrogen-bond donors (Lipinski definition) is 1. The normalized spacial score (nSPS) is 10.3. The van der Waals surface area contributed by atoms with E-state index >= 15 is 0 Å². The molecule has 0 aromatic carbocycles. The van der Waals surface area contributed by atoms with E-state index in [2.05, 4.69) is 20.3 Å². The van der Waals surface area contributed by atoms with Crippen molar-refractivity contribution in [2.45, 2.75) is 20.3 Å². The smallest absolute Gasteiger partial charge is 0.148 e. The van der Waals surface area contributed by atoms with Crippen molar-refractivity contribution >= 4 is 5.82 Å². The molecule has 0 saturated carbocycles. The quantitative estimate of drug-likeness (QED) is 0.874. The van der Waals surface area contributed by atoms with Gasteiger partial charge in [0.05, 0.1) is 17.1 Å². The highest BCUT2D eigenvalue weighted by atomic mass is 15.0. The Morgan fingerprint density at radius 3 is 2.59 bits per heavy atom. The second-order valence-corrected chi connectivity index (χ2v) is 3.98. The molecule has 0 aliphatic heterocycles. The first-order chi connectivity index (χ1) is 8.20. The second kappa shape index (κ2) is 4.91. The maximum atomic E-state index is 4.59. The van der Waals surface area contributed by atoms with E-state index in [9.17, 15) is 0 Å². The maximum absolute atomic E-state index is 4.59. The summed E-state index contributed by atoms with van der Waals surface area (Å²) in [7, 11) is 1.87. The van der Waals surface area contributed by atoms with Gasteiger partial charge in [-0.3, -0.25) is 9.97 Å². The lowest BCUT2D eigenvalue weighted by Gasteiger charge is -2.10. The van der Waals surface area contributed by atoms with Gasteiger partial charge in [0.1, 0.15) is 5.82 Å². The summed E-state index contributed by atoms with van der Waals surface area (Å²) in [6, 6.07) is 3.98. The molecule has 1 N–H and O–H groups in total. The summed E-state index contributed by atoms with van der Waals surface area (Å²) in [4.78, 5) is 13.2. The van der Waals surface area contributed by atoms with Crippen molar-refractivity contribution in [2.24, 2.45) is 0 Å². The summed E-state index contributed by atoms with van der Waals surface area (Å²) in [5.41, 5.74) is 4.04. The lowest BCUT2D eigenvalue weighted by atomic mass is 10.1. The Balaban J connectivity index is 2.35. The summed E-state index contributed by atoms with van der Waals surface area (Å²) < 4.78 is 0. The standard InChI is InChI=1S/C13H16N4/c1-9-10(2)17-13(14-3)12(16-9)7-11-5-4-6-15-8-11/h4-6,8H,7H2,1-3H3,(H,14,17). The van der Waals surface area contributed by atoms with Crippen LogP contribution in [0.3, 0.4) is 0 Å². The van der Waals surface area contributed by atoms with Gasteiger partial charge in [-0.2, -0.15) is 0 Å². The Hall–Kier alpha value is -1.97. The number of aryl methyl sites for hydroxylation is 2. The Bertz CT molecular complexity index is 508. The number of pyridine rings is 1. The summed E-state index contributed by atoms with van der Waals surface area (Å²) in [5, 5.41) is 3.09.